The molecule has 3 nitrogen and oxygen atoms in total. The van der Waals surface area contributed by atoms with Crippen LogP contribution < -0.4 is 10.1 Å². The predicted octanol–water partition coefficient (Wildman–Crippen LogP) is 3.48. The number of thiophene rings is 1. The van der Waals surface area contributed by atoms with Crippen molar-refractivity contribution < 1.29 is 9.53 Å². The molecule has 0 bridgehead atoms. The molecule has 1 aromatic carbocycles. The first kappa shape index (κ1) is 12.9. The van der Waals surface area contributed by atoms with E-state index >= 15 is 0 Å². The Labute approximate surface area is 114 Å². The zero-order chi connectivity index (χ0) is 13.1. The third-order valence-corrected chi connectivity index (χ3v) is 4.11. The largest absolute Gasteiger partial charge is 0.497 e. The van der Waals surface area contributed by atoms with Crippen molar-refractivity contribution in [3.63, 3.8) is 0 Å². The van der Waals surface area contributed by atoms with Crippen LogP contribution in [0.3, 0.4) is 0 Å². The van der Waals surface area contributed by atoms with Gasteiger partial charge in [-0.2, -0.15) is 0 Å². The number of fused-ring (bicyclic) bond motifs is 1. The average molecular weight is 282 g/mol. The summed E-state index contributed by atoms with van der Waals surface area (Å²) >= 11 is 7.56. The van der Waals surface area contributed by atoms with Gasteiger partial charge in [-0.05, 0) is 18.2 Å². The Bertz CT molecular complexity index is 606. The molecule has 0 fully saturated rings. The van der Waals surface area contributed by atoms with Crippen molar-refractivity contribution in [2.24, 2.45) is 0 Å². The van der Waals surface area contributed by atoms with Crippen molar-refractivity contribution in [3.8, 4) is 5.75 Å². The highest BCUT2D eigenvalue weighted by atomic mass is 35.5. The van der Waals surface area contributed by atoms with Crippen molar-refractivity contribution in [2.75, 3.05) is 13.7 Å². The van der Waals surface area contributed by atoms with Gasteiger partial charge in [0.2, 0.25) is 0 Å². The minimum Gasteiger partial charge on any atom is -0.497 e. The summed E-state index contributed by atoms with van der Waals surface area (Å²) < 4.78 is 6.08. The summed E-state index contributed by atoms with van der Waals surface area (Å²) in [6.45, 7) is 3.98. The quantitative estimate of drug-likeness (QED) is 0.872. The molecule has 1 aromatic heterocycles. The Morgan fingerprint density at radius 3 is 3.06 bits per heavy atom. The maximum Gasteiger partial charge on any atom is 0.263 e. The second kappa shape index (κ2) is 5.42. The number of ether oxygens (including phenoxy) is 1. The van der Waals surface area contributed by atoms with Crippen molar-refractivity contribution in [1.29, 1.82) is 0 Å². The molecule has 0 saturated carbocycles. The van der Waals surface area contributed by atoms with Crippen LogP contribution in [-0.2, 0) is 0 Å². The van der Waals surface area contributed by atoms with Crippen LogP contribution in [0.25, 0.3) is 10.1 Å². The van der Waals surface area contributed by atoms with Gasteiger partial charge in [0.05, 0.1) is 12.1 Å². The normalized spacial score (nSPS) is 10.3. The second-order valence-electron chi connectivity index (χ2n) is 3.61. The molecule has 0 atom stereocenters. The van der Waals surface area contributed by atoms with Crippen LogP contribution in [0.15, 0.2) is 30.9 Å². The van der Waals surface area contributed by atoms with E-state index in [1.54, 1.807) is 13.2 Å². The van der Waals surface area contributed by atoms with Gasteiger partial charge in [0, 0.05) is 16.6 Å². The summed E-state index contributed by atoms with van der Waals surface area (Å²) in [5.41, 5.74) is 0. The third kappa shape index (κ3) is 2.35. The Morgan fingerprint density at radius 2 is 2.39 bits per heavy atom. The standard InChI is InChI=1S/C13H12ClNO2S/c1-3-6-15-13(16)12-11(14)9-5-4-8(17-2)7-10(9)18-12/h3-5,7H,1,6H2,2H3,(H,15,16). The number of amides is 1. The van der Waals surface area contributed by atoms with E-state index in [9.17, 15) is 4.79 Å². The van der Waals surface area contributed by atoms with E-state index in [4.69, 9.17) is 16.3 Å². The van der Waals surface area contributed by atoms with Crippen LogP contribution in [0.2, 0.25) is 5.02 Å². The van der Waals surface area contributed by atoms with Crippen molar-refractivity contribution >= 4 is 38.9 Å². The topological polar surface area (TPSA) is 38.3 Å². The van der Waals surface area contributed by atoms with Crippen molar-refractivity contribution in [1.82, 2.24) is 5.32 Å². The lowest BCUT2D eigenvalue weighted by atomic mass is 10.2. The molecule has 0 radical (unpaired) electrons. The fourth-order valence-corrected chi connectivity index (χ4v) is 3.03. The van der Waals surface area contributed by atoms with Crippen LogP contribution in [0, 0.1) is 0 Å². The monoisotopic (exact) mass is 281 g/mol. The summed E-state index contributed by atoms with van der Waals surface area (Å²) in [4.78, 5) is 12.4. The number of carbonyl (C=O) groups is 1. The zero-order valence-electron chi connectivity index (χ0n) is 9.83. The van der Waals surface area contributed by atoms with Gasteiger partial charge in [0.1, 0.15) is 10.6 Å². The molecule has 1 amide bonds. The fraction of sp³-hybridized carbons (Fsp3) is 0.154. The van der Waals surface area contributed by atoms with Crippen LogP contribution in [0.5, 0.6) is 5.75 Å². The third-order valence-electron chi connectivity index (χ3n) is 2.45. The van der Waals surface area contributed by atoms with Gasteiger partial charge in [-0.3, -0.25) is 4.79 Å². The predicted molar refractivity (Wildman–Crippen MR) is 75.9 cm³/mol. The molecule has 18 heavy (non-hydrogen) atoms. The highest BCUT2D eigenvalue weighted by molar-refractivity contribution is 7.21. The number of methoxy groups -OCH3 is 1. The molecular formula is C13H12ClNO2S. The van der Waals surface area contributed by atoms with Gasteiger partial charge in [0.15, 0.2) is 0 Å². The van der Waals surface area contributed by atoms with Gasteiger partial charge in [-0.1, -0.05) is 17.7 Å². The summed E-state index contributed by atoms with van der Waals surface area (Å²) in [5.74, 6) is 0.568. The van der Waals surface area contributed by atoms with E-state index in [0.717, 1.165) is 15.8 Å². The van der Waals surface area contributed by atoms with Gasteiger partial charge in [0.25, 0.3) is 5.91 Å². The number of nitrogens with one attached hydrogen (secondary N) is 1. The molecule has 2 rings (SSSR count). The number of hydrogen-bond donors (Lipinski definition) is 1. The summed E-state index contributed by atoms with van der Waals surface area (Å²) in [6, 6.07) is 5.56. The van der Waals surface area contributed by atoms with E-state index in [-0.39, 0.29) is 5.91 Å². The zero-order valence-corrected chi connectivity index (χ0v) is 11.4. The highest BCUT2D eigenvalue weighted by Crippen LogP contribution is 2.37. The summed E-state index contributed by atoms with van der Waals surface area (Å²) in [7, 11) is 1.61. The first-order chi connectivity index (χ1) is 8.67. The van der Waals surface area contributed by atoms with Gasteiger partial charge in [-0.25, -0.2) is 0 Å². The molecule has 5 heteroatoms. The van der Waals surface area contributed by atoms with E-state index in [1.165, 1.54) is 11.3 Å². The number of halogens is 1. The lowest BCUT2D eigenvalue weighted by molar-refractivity contribution is 0.0962. The minimum absolute atomic E-state index is 0.180. The van der Waals surface area contributed by atoms with Crippen LogP contribution in [-0.4, -0.2) is 19.6 Å². The smallest absolute Gasteiger partial charge is 0.263 e. The van der Waals surface area contributed by atoms with Crippen molar-refractivity contribution in [2.45, 2.75) is 0 Å². The van der Waals surface area contributed by atoms with E-state index in [2.05, 4.69) is 11.9 Å². The molecular weight excluding hydrogens is 270 g/mol. The fourth-order valence-electron chi connectivity index (χ4n) is 1.56. The number of hydrogen-bond acceptors (Lipinski definition) is 3. The first-order valence-electron chi connectivity index (χ1n) is 5.32. The molecule has 0 saturated heterocycles. The molecule has 1 N–H and O–H groups in total. The Kier molecular flexibility index (Phi) is 3.89. The van der Waals surface area contributed by atoms with Crippen molar-refractivity contribution in [3.05, 3.63) is 40.8 Å². The van der Waals surface area contributed by atoms with E-state index in [0.29, 0.717) is 16.4 Å². The highest BCUT2D eigenvalue weighted by Gasteiger charge is 2.16. The number of carbonyl (C=O) groups excluding carboxylic acids is 1. The molecule has 0 unspecified atom stereocenters. The minimum atomic E-state index is -0.180. The van der Waals surface area contributed by atoms with Crippen LogP contribution in [0.1, 0.15) is 9.67 Å². The Hall–Kier alpha value is -1.52. The maximum atomic E-state index is 11.9. The van der Waals surface area contributed by atoms with Crippen LogP contribution >= 0.6 is 22.9 Å². The van der Waals surface area contributed by atoms with E-state index in [1.807, 2.05) is 18.2 Å². The Morgan fingerprint density at radius 1 is 1.61 bits per heavy atom. The molecule has 94 valence electrons. The van der Waals surface area contributed by atoms with Gasteiger partial charge in [-0.15, -0.1) is 17.9 Å². The average Bonchev–Trinajstić information content (AvgIpc) is 2.72. The number of rotatable bonds is 4. The lowest BCUT2D eigenvalue weighted by Gasteiger charge is -1.99. The molecule has 2 aromatic rings. The van der Waals surface area contributed by atoms with E-state index < -0.39 is 0 Å². The number of benzene rings is 1. The molecule has 0 aliphatic heterocycles. The maximum absolute atomic E-state index is 11.9. The Balaban J connectivity index is 2.43. The molecule has 0 spiro atoms. The van der Waals surface area contributed by atoms with Gasteiger partial charge >= 0.3 is 0 Å². The molecule has 0 aliphatic carbocycles. The lowest BCUT2D eigenvalue weighted by Crippen LogP contribution is -2.22. The SMILES string of the molecule is C=CCNC(=O)c1sc2cc(OC)ccc2c1Cl. The second-order valence-corrected chi connectivity index (χ2v) is 5.04. The summed E-state index contributed by atoms with van der Waals surface area (Å²) in [6.07, 6.45) is 1.63. The summed E-state index contributed by atoms with van der Waals surface area (Å²) in [5, 5.41) is 4.07. The molecule has 1 heterocycles. The first-order valence-corrected chi connectivity index (χ1v) is 6.52. The molecule has 0 aliphatic rings. The van der Waals surface area contributed by atoms with Crippen LogP contribution in [0.4, 0.5) is 0 Å². The van der Waals surface area contributed by atoms with Gasteiger partial charge < -0.3 is 10.1 Å².